The summed E-state index contributed by atoms with van der Waals surface area (Å²) in [6.45, 7) is 0. The van der Waals surface area contributed by atoms with Crippen molar-refractivity contribution in [1.29, 1.82) is 0 Å². The van der Waals surface area contributed by atoms with Gasteiger partial charge in [-0.25, -0.2) is 4.79 Å². The third kappa shape index (κ3) is 4.99. The van der Waals surface area contributed by atoms with Crippen LogP contribution in [0.25, 0.3) is 0 Å². The predicted molar refractivity (Wildman–Crippen MR) is 102 cm³/mol. The lowest BCUT2D eigenvalue weighted by atomic mass is 9.92. The Kier molecular flexibility index (Phi) is 6.12. The van der Waals surface area contributed by atoms with Gasteiger partial charge in [-0.3, -0.25) is 10.1 Å². The van der Waals surface area contributed by atoms with E-state index in [-0.39, 0.29) is 18.1 Å². The van der Waals surface area contributed by atoms with Crippen molar-refractivity contribution < 1.29 is 14.3 Å². The van der Waals surface area contributed by atoms with Crippen LogP contribution in [0, 0.1) is 0 Å². The minimum absolute atomic E-state index is 0.0398. The minimum atomic E-state index is -0.473. The zero-order valence-corrected chi connectivity index (χ0v) is 15.0. The Morgan fingerprint density at radius 1 is 1.00 bits per heavy atom. The van der Waals surface area contributed by atoms with Gasteiger partial charge in [0.25, 0.3) is 5.91 Å². The van der Waals surface area contributed by atoms with Crippen molar-refractivity contribution in [2.45, 2.75) is 37.8 Å². The highest BCUT2D eigenvalue weighted by Crippen LogP contribution is 2.23. The molecule has 2 aromatic carbocycles. The Hall–Kier alpha value is -2.53. The van der Waals surface area contributed by atoms with E-state index in [2.05, 4.69) is 10.6 Å². The zero-order valence-electron chi connectivity index (χ0n) is 14.3. The van der Waals surface area contributed by atoms with Gasteiger partial charge in [0.1, 0.15) is 6.10 Å². The molecule has 0 radical (unpaired) electrons. The van der Waals surface area contributed by atoms with Crippen molar-refractivity contribution in [3.05, 3.63) is 65.2 Å². The van der Waals surface area contributed by atoms with E-state index in [1.54, 1.807) is 36.4 Å². The van der Waals surface area contributed by atoms with E-state index in [1.807, 2.05) is 18.2 Å². The molecule has 0 spiro atoms. The Balaban J connectivity index is 1.52. The number of carbonyl (C=O) groups is 2. The molecule has 0 unspecified atom stereocenters. The van der Waals surface area contributed by atoms with Crippen LogP contribution in [0.1, 0.15) is 36.0 Å². The lowest BCUT2D eigenvalue weighted by molar-refractivity contribution is 0.0713. The highest BCUT2D eigenvalue weighted by atomic mass is 35.5. The average Bonchev–Trinajstić information content (AvgIpc) is 2.63. The molecule has 0 heterocycles. The van der Waals surface area contributed by atoms with Gasteiger partial charge in [-0.15, -0.1) is 0 Å². The molecule has 0 aliphatic heterocycles. The van der Waals surface area contributed by atoms with Crippen LogP contribution < -0.4 is 10.6 Å². The summed E-state index contributed by atoms with van der Waals surface area (Å²) in [4.78, 5) is 24.4. The van der Waals surface area contributed by atoms with E-state index in [9.17, 15) is 9.59 Å². The SMILES string of the molecule is O=C(Nc1ccccc1)O[C@H]1CCC[C@H](NC(=O)c2ccccc2Cl)C1. The smallest absolute Gasteiger partial charge is 0.411 e. The van der Waals surface area contributed by atoms with E-state index in [1.165, 1.54) is 0 Å². The summed E-state index contributed by atoms with van der Waals surface area (Å²) in [6, 6.07) is 16.1. The lowest BCUT2D eigenvalue weighted by Crippen LogP contribution is -2.41. The van der Waals surface area contributed by atoms with Gasteiger partial charge in [0.2, 0.25) is 0 Å². The Bertz CT molecular complexity index is 767. The summed E-state index contributed by atoms with van der Waals surface area (Å²) in [5.74, 6) is -0.199. The number of carbonyl (C=O) groups excluding carboxylic acids is 2. The summed E-state index contributed by atoms with van der Waals surface area (Å²) < 4.78 is 5.51. The first-order valence-corrected chi connectivity index (χ1v) is 9.07. The quantitative estimate of drug-likeness (QED) is 0.822. The molecular weight excluding hydrogens is 352 g/mol. The predicted octanol–water partition coefficient (Wildman–Crippen LogP) is 4.63. The highest BCUT2D eigenvalue weighted by Gasteiger charge is 2.26. The minimum Gasteiger partial charge on any atom is -0.446 e. The van der Waals surface area contributed by atoms with Gasteiger partial charge in [-0.2, -0.15) is 0 Å². The van der Waals surface area contributed by atoms with E-state index < -0.39 is 6.09 Å². The van der Waals surface area contributed by atoms with Crippen molar-refractivity contribution in [2.24, 2.45) is 0 Å². The second-order valence-corrected chi connectivity index (χ2v) is 6.74. The van der Waals surface area contributed by atoms with E-state index in [0.29, 0.717) is 22.7 Å². The van der Waals surface area contributed by atoms with E-state index >= 15 is 0 Å². The summed E-state index contributed by atoms with van der Waals surface area (Å²) in [5, 5.41) is 6.13. The first-order chi connectivity index (χ1) is 12.6. The van der Waals surface area contributed by atoms with Gasteiger partial charge in [0.05, 0.1) is 10.6 Å². The molecule has 5 nitrogen and oxygen atoms in total. The first-order valence-electron chi connectivity index (χ1n) is 8.70. The molecule has 1 saturated carbocycles. The number of benzene rings is 2. The maximum absolute atomic E-state index is 12.4. The van der Waals surface area contributed by atoms with E-state index in [0.717, 1.165) is 19.3 Å². The van der Waals surface area contributed by atoms with Crippen molar-refractivity contribution in [3.63, 3.8) is 0 Å². The van der Waals surface area contributed by atoms with E-state index in [4.69, 9.17) is 16.3 Å². The van der Waals surface area contributed by atoms with Crippen LogP contribution in [0.5, 0.6) is 0 Å². The molecule has 2 atom stereocenters. The van der Waals surface area contributed by atoms with Crippen LogP contribution in [-0.2, 0) is 4.74 Å². The van der Waals surface area contributed by atoms with Crippen molar-refractivity contribution in [3.8, 4) is 0 Å². The van der Waals surface area contributed by atoms with Gasteiger partial charge < -0.3 is 10.1 Å². The third-order valence-electron chi connectivity index (χ3n) is 4.37. The zero-order chi connectivity index (χ0) is 18.4. The number of ether oxygens (including phenoxy) is 1. The lowest BCUT2D eigenvalue weighted by Gasteiger charge is -2.29. The molecule has 2 aromatic rings. The van der Waals surface area contributed by atoms with Crippen molar-refractivity contribution in [2.75, 3.05) is 5.32 Å². The second kappa shape index (κ2) is 8.72. The van der Waals surface area contributed by atoms with Gasteiger partial charge in [0.15, 0.2) is 0 Å². The van der Waals surface area contributed by atoms with Crippen LogP contribution in [-0.4, -0.2) is 24.1 Å². The third-order valence-corrected chi connectivity index (χ3v) is 4.70. The first kappa shape index (κ1) is 18.3. The molecule has 1 fully saturated rings. The Labute approximate surface area is 157 Å². The van der Waals surface area contributed by atoms with Crippen LogP contribution in [0.3, 0.4) is 0 Å². The number of rotatable bonds is 4. The number of para-hydroxylation sites is 1. The normalized spacial score (nSPS) is 19.4. The molecule has 26 heavy (non-hydrogen) atoms. The van der Waals surface area contributed by atoms with Crippen LogP contribution >= 0.6 is 11.6 Å². The van der Waals surface area contributed by atoms with Gasteiger partial charge in [-0.1, -0.05) is 41.9 Å². The molecule has 2 N–H and O–H groups in total. The Morgan fingerprint density at radius 2 is 1.73 bits per heavy atom. The number of nitrogens with one attached hydrogen (secondary N) is 2. The van der Waals surface area contributed by atoms with Crippen molar-refractivity contribution >= 4 is 29.3 Å². The number of hydrogen-bond acceptors (Lipinski definition) is 3. The fourth-order valence-electron chi connectivity index (χ4n) is 3.11. The fraction of sp³-hybridized carbons (Fsp3) is 0.300. The largest absolute Gasteiger partial charge is 0.446 e. The molecule has 0 bridgehead atoms. The molecule has 1 aliphatic carbocycles. The molecule has 6 heteroatoms. The van der Waals surface area contributed by atoms with Gasteiger partial charge in [-0.05, 0) is 43.5 Å². The maximum atomic E-state index is 12.4. The number of hydrogen-bond donors (Lipinski definition) is 2. The molecule has 2 amide bonds. The number of halogens is 1. The molecular formula is C20H21ClN2O3. The van der Waals surface area contributed by atoms with Gasteiger partial charge in [0, 0.05) is 18.2 Å². The molecule has 136 valence electrons. The summed E-state index contributed by atoms with van der Waals surface area (Å²) in [7, 11) is 0. The topological polar surface area (TPSA) is 67.4 Å². The fourth-order valence-corrected chi connectivity index (χ4v) is 3.33. The van der Waals surface area contributed by atoms with Crippen LogP contribution in [0.2, 0.25) is 5.02 Å². The second-order valence-electron chi connectivity index (χ2n) is 6.34. The highest BCUT2D eigenvalue weighted by molar-refractivity contribution is 6.33. The summed E-state index contributed by atoms with van der Waals surface area (Å²) >= 11 is 6.07. The molecule has 0 aromatic heterocycles. The monoisotopic (exact) mass is 372 g/mol. The summed E-state index contributed by atoms with van der Waals surface area (Å²) in [5.41, 5.74) is 1.15. The molecule has 1 aliphatic rings. The number of amides is 2. The average molecular weight is 373 g/mol. The standard InChI is InChI=1S/C20H21ClN2O3/c21-18-12-5-4-11-17(18)19(24)22-15-9-6-10-16(13-15)26-20(25)23-14-7-2-1-3-8-14/h1-5,7-8,11-12,15-16H,6,9-10,13H2,(H,22,24)(H,23,25)/t15-,16-/m0/s1. The van der Waals surface area contributed by atoms with Crippen LogP contribution in [0.15, 0.2) is 54.6 Å². The van der Waals surface area contributed by atoms with Crippen LogP contribution in [0.4, 0.5) is 10.5 Å². The molecule has 0 saturated heterocycles. The van der Waals surface area contributed by atoms with Crippen molar-refractivity contribution in [1.82, 2.24) is 5.32 Å². The molecule has 3 rings (SSSR count). The maximum Gasteiger partial charge on any atom is 0.411 e. The van der Waals surface area contributed by atoms with Gasteiger partial charge >= 0.3 is 6.09 Å². The Morgan fingerprint density at radius 3 is 2.50 bits per heavy atom. The number of anilines is 1. The summed E-state index contributed by atoms with van der Waals surface area (Å²) in [6.07, 6.45) is 2.44.